The summed E-state index contributed by atoms with van der Waals surface area (Å²) >= 11 is 5.98. The highest BCUT2D eigenvalue weighted by Crippen LogP contribution is 2.19. The predicted molar refractivity (Wildman–Crippen MR) is 84.1 cm³/mol. The van der Waals surface area contributed by atoms with Crippen LogP contribution >= 0.6 is 11.6 Å². The number of rotatable bonds is 6. The normalized spacial score (nSPS) is 10.6. The minimum Gasteiger partial charge on any atom is -0.353 e. The average Bonchev–Trinajstić information content (AvgIpc) is 2.53. The molecule has 2 rings (SSSR count). The lowest BCUT2D eigenvalue weighted by Gasteiger charge is -2.23. The molecule has 0 unspecified atom stereocenters. The molecule has 2 aromatic heterocycles. The highest BCUT2D eigenvalue weighted by molar-refractivity contribution is 6.17. The number of aryl methyl sites for hydroxylation is 1. The van der Waals surface area contributed by atoms with Gasteiger partial charge < -0.3 is 4.90 Å². The van der Waals surface area contributed by atoms with Gasteiger partial charge in [0.05, 0.1) is 0 Å². The van der Waals surface area contributed by atoms with E-state index >= 15 is 0 Å². The van der Waals surface area contributed by atoms with Crippen LogP contribution in [0.1, 0.15) is 30.7 Å². The Kier molecular flexibility index (Phi) is 5.36. The van der Waals surface area contributed by atoms with Gasteiger partial charge in [-0.3, -0.25) is 4.98 Å². The van der Waals surface area contributed by atoms with Gasteiger partial charge in [0.1, 0.15) is 5.82 Å². The smallest absolute Gasteiger partial charge is 0.129 e. The van der Waals surface area contributed by atoms with Gasteiger partial charge in [0, 0.05) is 37.1 Å². The lowest BCUT2D eigenvalue weighted by molar-refractivity contribution is 0.804. The average molecular weight is 290 g/mol. The quantitative estimate of drug-likeness (QED) is 0.757. The molecule has 0 saturated heterocycles. The number of halogens is 1. The first-order valence-corrected chi connectivity index (χ1v) is 7.50. The molecule has 0 atom stereocenters. The Morgan fingerprint density at radius 2 is 1.85 bits per heavy atom. The Bertz CT molecular complexity index is 520. The number of hydrogen-bond donors (Lipinski definition) is 0. The standard InChI is InChI=1S/C16H20ClN3/c1-3-15-9-14(11-17)10-16(19-15)20(4-2)12-13-5-7-18-8-6-13/h5-10H,3-4,11-12H2,1-2H3. The van der Waals surface area contributed by atoms with Crippen molar-refractivity contribution in [1.82, 2.24) is 9.97 Å². The fraction of sp³-hybridized carbons (Fsp3) is 0.375. The van der Waals surface area contributed by atoms with Crippen molar-refractivity contribution in [3.05, 3.63) is 53.5 Å². The van der Waals surface area contributed by atoms with Crippen LogP contribution in [0.2, 0.25) is 0 Å². The first-order chi connectivity index (χ1) is 9.76. The Morgan fingerprint density at radius 1 is 1.10 bits per heavy atom. The molecule has 2 heterocycles. The van der Waals surface area contributed by atoms with E-state index in [9.17, 15) is 0 Å². The third-order valence-electron chi connectivity index (χ3n) is 3.27. The molecule has 0 spiro atoms. The van der Waals surface area contributed by atoms with Gasteiger partial charge in [-0.25, -0.2) is 4.98 Å². The molecule has 0 aromatic carbocycles. The molecule has 20 heavy (non-hydrogen) atoms. The lowest BCUT2D eigenvalue weighted by atomic mass is 10.2. The van der Waals surface area contributed by atoms with Gasteiger partial charge in [-0.1, -0.05) is 6.92 Å². The number of anilines is 1. The first-order valence-electron chi connectivity index (χ1n) is 6.96. The second-order valence-corrected chi connectivity index (χ2v) is 4.95. The maximum absolute atomic E-state index is 5.98. The molecule has 0 aliphatic rings. The van der Waals surface area contributed by atoms with Crippen molar-refractivity contribution in [2.24, 2.45) is 0 Å². The van der Waals surface area contributed by atoms with Gasteiger partial charge in [-0.05, 0) is 48.7 Å². The minimum absolute atomic E-state index is 0.523. The van der Waals surface area contributed by atoms with E-state index in [1.165, 1.54) is 5.56 Å². The fourth-order valence-corrected chi connectivity index (χ4v) is 2.27. The van der Waals surface area contributed by atoms with Crippen LogP contribution in [0.5, 0.6) is 0 Å². The molecular weight excluding hydrogens is 270 g/mol. The van der Waals surface area contributed by atoms with Crippen molar-refractivity contribution >= 4 is 17.4 Å². The van der Waals surface area contributed by atoms with Gasteiger partial charge in [-0.2, -0.15) is 0 Å². The summed E-state index contributed by atoms with van der Waals surface area (Å²) in [5.41, 5.74) is 3.45. The van der Waals surface area contributed by atoms with E-state index < -0.39 is 0 Å². The zero-order valence-electron chi connectivity index (χ0n) is 12.0. The van der Waals surface area contributed by atoms with Crippen LogP contribution in [-0.2, 0) is 18.8 Å². The second-order valence-electron chi connectivity index (χ2n) is 4.68. The SMILES string of the molecule is CCc1cc(CCl)cc(N(CC)Cc2ccncc2)n1. The van der Waals surface area contributed by atoms with E-state index in [-0.39, 0.29) is 0 Å². The zero-order chi connectivity index (χ0) is 14.4. The largest absolute Gasteiger partial charge is 0.353 e. The highest BCUT2D eigenvalue weighted by atomic mass is 35.5. The molecule has 4 heteroatoms. The molecule has 106 valence electrons. The van der Waals surface area contributed by atoms with Crippen molar-refractivity contribution in [2.45, 2.75) is 32.7 Å². The third kappa shape index (κ3) is 3.70. The summed E-state index contributed by atoms with van der Waals surface area (Å²) in [6, 6.07) is 8.23. The topological polar surface area (TPSA) is 29.0 Å². The van der Waals surface area contributed by atoms with Gasteiger partial charge in [-0.15, -0.1) is 11.6 Å². The lowest BCUT2D eigenvalue weighted by Crippen LogP contribution is -2.23. The van der Waals surface area contributed by atoms with Crippen LogP contribution in [-0.4, -0.2) is 16.5 Å². The zero-order valence-corrected chi connectivity index (χ0v) is 12.8. The summed E-state index contributed by atoms with van der Waals surface area (Å²) < 4.78 is 0. The molecule has 3 nitrogen and oxygen atoms in total. The van der Waals surface area contributed by atoms with E-state index in [0.29, 0.717) is 5.88 Å². The molecule has 0 bridgehead atoms. The van der Waals surface area contributed by atoms with Crippen LogP contribution in [0, 0.1) is 0 Å². The molecule has 0 saturated carbocycles. The van der Waals surface area contributed by atoms with Crippen LogP contribution in [0.15, 0.2) is 36.7 Å². The number of hydrogen-bond acceptors (Lipinski definition) is 3. The summed E-state index contributed by atoms with van der Waals surface area (Å²) in [6.45, 7) is 6.00. The van der Waals surface area contributed by atoms with Crippen molar-refractivity contribution in [3.63, 3.8) is 0 Å². The third-order valence-corrected chi connectivity index (χ3v) is 3.58. The van der Waals surface area contributed by atoms with Crippen molar-refractivity contribution in [2.75, 3.05) is 11.4 Å². The van der Waals surface area contributed by atoms with Gasteiger partial charge in [0.2, 0.25) is 0 Å². The maximum atomic E-state index is 5.98. The molecule has 0 N–H and O–H groups in total. The monoisotopic (exact) mass is 289 g/mol. The molecule has 0 aliphatic carbocycles. The van der Waals surface area contributed by atoms with Crippen molar-refractivity contribution in [3.8, 4) is 0 Å². The van der Waals surface area contributed by atoms with Gasteiger partial charge >= 0.3 is 0 Å². The van der Waals surface area contributed by atoms with E-state index in [2.05, 4.69) is 35.9 Å². The molecule has 2 aromatic rings. The van der Waals surface area contributed by atoms with Crippen molar-refractivity contribution < 1.29 is 0 Å². The number of nitrogens with zero attached hydrogens (tertiary/aromatic N) is 3. The Morgan fingerprint density at radius 3 is 2.45 bits per heavy atom. The molecule has 0 radical (unpaired) electrons. The summed E-state index contributed by atoms with van der Waals surface area (Å²) in [5, 5.41) is 0. The maximum Gasteiger partial charge on any atom is 0.129 e. The van der Waals surface area contributed by atoms with Gasteiger partial charge in [0.15, 0.2) is 0 Å². The van der Waals surface area contributed by atoms with Gasteiger partial charge in [0.25, 0.3) is 0 Å². The number of aromatic nitrogens is 2. The van der Waals surface area contributed by atoms with Crippen molar-refractivity contribution in [1.29, 1.82) is 0 Å². The van der Waals surface area contributed by atoms with E-state index in [1.807, 2.05) is 24.5 Å². The molecule has 0 amide bonds. The highest BCUT2D eigenvalue weighted by Gasteiger charge is 2.09. The summed E-state index contributed by atoms with van der Waals surface area (Å²) in [5.74, 6) is 1.52. The van der Waals surface area contributed by atoms with Crippen LogP contribution in [0.3, 0.4) is 0 Å². The Balaban J connectivity index is 2.26. The van der Waals surface area contributed by atoms with E-state index in [4.69, 9.17) is 16.6 Å². The van der Waals surface area contributed by atoms with Crippen LogP contribution in [0.25, 0.3) is 0 Å². The second kappa shape index (κ2) is 7.25. The summed E-state index contributed by atoms with van der Waals surface area (Å²) in [6.07, 6.45) is 4.57. The molecule has 0 fully saturated rings. The van der Waals surface area contributed by atoms with Crippen LogP contribution in [0.4, 0.5) is 5.82 Å². The first kappa shape index (κ1) is 14.8. The Labute approximate surface area is 125 Å². The minimum atomic E-state index is 0.523. The number of pyridine rings is 2. The predicted octanol–water partition coefficient (Wildman–Crippen LogP) is 3.80. The van der Waals surface area contributed by atoms with Crippen LogP contribution < -0.4 is 4.90 Å². The molecule has 0 aliphatic heterocycles. The fourth-order valence-electron chi connectivity index (χ4n) is 2.12. The number of alkyl halides is 1. The molecular formula is C16H20ClN3. The summed E-state index contributed by atoms with van der Waals surface area (Å²) in [7, 11) is 0. The Hall–Kier alpha value is -1.61. The van der Waals surface area contributed by atoms with E-state index in [1.54, 1.807) is 0 Å². The summed E-state index contributed by atoms with van der Waals surface area (Å²) in [4.78, 5) is 11.0. The van der Waals surface area contributed by atoms with E-state index in [0.717, 1.165) is 36.6 Å².